The number of carbonyl (C=O) groups excluding carboxylic acids is 1. The molecule has 0 aromatic heterocycles. The SMILES string of the molecule is CC1CN(c2ccc(NC=C3C(=O)Nc4ccc(F)cc43)cc2)CC(C)O1. The average molecular weight is 367 g/mol. The Kier molecular flexibility index (Phi) is 4.58. The third-order valence-corrected chi connectivity index (χ3v) is 4.80. The highest BCUT2D eigenvalue weighted by atomic mass is 19.1. The van der Waals surface area contributed by atoms with Gasteiger partial charge < -0.3 is 20.3 Å². The number of nitrogens with one attached hydrogen (secondary N) is 2. The number of halogens is 1. The molecule has 6 heteroatoms. The zero-order valence-corrected chi connectivity index (χ0v) is 15.3. The van der Waals surface area contributed by atoms with E-state index in [4.69, 9.17) is 4.74 Å². The van der Waals surface area contributed by atoms with Crippen LogP contribution in [0.1, 0.15) is 19.4 Å². The number of benzene rings is 2. The maximum Gasteiger partial charge on any atom is 0.257 e. The second kappa shape index (κ2) is 7.04. The minimum atomic E-state index is -0.366. The Bertz CT molecular complexity index is 885. The van der Waals surface area contributed by atoms with E-state index in [9.17, 15) is 9.18 Å². The molecule has 0 radical (unpaired) electrons. The molecule has 140 valence electrons. The fourth-order valence-corrected chi connectivity index (χ4v) is 3.62. The van der Waals surface area contributed by atoms with Crippen molar-refractivity contribution < 1.29 is 13.9 Å². The molecule has 2 atom stereocenters. The standard InChI is InChI=1S/C21H22FN3O2/c1-13-11-25(12-14(2)27-13)17-6-4-16(5-7-17)23-10-19-18-9-15(22)3-8-20(18)24-21(19)26/h3-10,13-14,23H,11-12H2,1-2H3,(H,24,26). The van der Waals surface area contributed by atoms with E-state index in [1.807, 2.05) is 24.3 Å². The molecule has 0 aliphatic carbocycles. The molecular formula is C21H22FN3O2. The van der Waals surface area contributed by atoms with Gasteiger partial charge >= 0.3 is 0 Å². The monoisotopic (exact) mass is 367 g/mol. The van der Waals surface area contributed by atoms with Crippen LogP contribution in [0.25, 0.3) is 5.57 Å². The van der Waals surface area contributed by atoms with Gasteiger partial charge in [-0.05, 0) is 56.3 Å². The van der Waals surface area contributed by atoms with Gasteiger partial charge in [-0.15, -0.1) is 0 Å². The van der Waals surface area contributed by atoms with Crippen molar-refractivity contribution in [1.29, 1.82) is 0 Å². The maximum atomic E-state index is 13.5. The van der Waals surface area contributed by atoms with Crippen LogP contribution in [0, 0.1) is 5.82 Å². The average Bonchev–Trinajstić information content (AvgIpc) is 2.94. The molecule has 2 heterocycles. The predicted molar refractivity (Wildman–Crippen MR) is 105 cm³/mol. The van der Waals surface area contributed by atoms with Gasteiger partial charge in [-0.2, -0.15) is 0 Å². The van der Waals surface area contributed by atoms with E-state index in [0.29, 0.717) is 16.8 Å². The fourth-order valence-electron chi connectivity index (χ4n) is 3.62. The summed E-state index contributed by atoms with van der Waals surface area (Å²) in [7, 11) is 0. The van der Waals surface area contributed by atoms with E-state index >= 15 is 0 Å². The Balaban J connectivity index is 1.49. The molecule has 2 unspecified atom stereocenters. The number of ether oxygens (including phenoxy) is 1. The molecule has 1 fully saturated rings. The lowest BCUT2D eigenvalue weighted by atomic mass is 10.1. The molecule has 2 aliphatic rings. The highest BCUT2D eigenvalue weighted by Crippen LogP contribution is 2.32. The molecule has 0 saturated carbocycles. The van der Waals surface area contributed by atoms with E-state index in [1.54, 1.807) is 12.3 Å². The Hall–Kier alpha value is -2.86. The van der Waals surface area contributed by atoms with Gasteiger partial charge in [0.05, 0.1) is 17.8 Å². The second-order valence-electron chi connectivity index (χ2n) is 7.06. The lowest BCUT2D eigenvalue weighted by molar-refractivity contribution is -0.110. The first-order valence-electron chi connectivity index (χ1n) is 9.08. The summed E-state index contributed by atoms with van der Waals surface area (Å²) in [6.07, 6.45) is 2.03. The summed E-state index contributed by atoms with van der Waals surface area (Å²) < 4.78 is 19.3. The zero-order chi connectivity index (χ0) is 19.0. The smallest absolute Gasteiger partial charge is 0.257 e. The van der Waals surface area contributed by atoms with Gasteiger partial charge in [0.25, 0.3) is 5.91 Å². The molecule has 2 N–H and O–H groups in total. The van der Waals surface area contributed by atoms with Crippen LogP contribution in [0.2, 0.25) is 0 Å². The minimum absolute atomic E-state index is 0.206. The van der Waals surface area contributed by atoms with E-state index in [2.05, 4.69) is 29.4 Å². The molecule has 27 heavy (non-hydrogen) atoms. The van der Waals surface area contributed by atoms with Crippen LogP contribution in [0.4, 0.5) is 21.5 Å². The van der Waals surface area contributed by atoms with Crippen LogP contribution in [-0.2, 0) is 9.53 Å². The number of nitrogens with zero attached hydrogens (tertiary/aromatic N) is 1. The Morgan fingerprint density at radius 3 is 2.56 bits per heavy atom. The molecule has 1 amide bonds. The lowest BCUT2D eigenvalue weighted by Gasteiger charge is -2.36. The van der Waals surface area contributed by atoms with Gasteiger partial charge in [0.2, 0.25) is 0 Å². The molecule has 0 bridgehead atoms. The molecule has 5 nitrogen and oxygen atoms in total. The first-order chi connectivity index (χ1) is 13.0. The van der Waals surface area contributed by atoms with Crippen molar-refractivity contribution >= 4 is 28.5 Å². The van der Waals surface area contributed by atoms with Crippen molar-refractivity contribution in [3.8, 4) is 0 Å². The largest absolute Gasteiger partial charge is 0.372 e. The van der Waals surface area contributed by atoms with E-state index in [1.165, 1.54) is 12.1 Å². The fraction of sp³-hybridized carbons (Fsp3) is 0.286. The first kappa shape index (κ1) is 17.5. The van der Waals surface area contributed by atoms with Crippen molar-refractivity contribution in [1.82, 2.24) is 0 Å². The summed E-state index contributed by atoms with van der Waals surface area (Å²) in [4.78, 5) is 14.4. The van der Waals surface area contributed by atoms with Crippen molar-refractivity contribution in [3.05, 3.63) is 60.0 Å². The minimum Gasteiger partial charge on any atom is -0.372 e. The van der Waals surface area contributed by atoms with Crippen LogP contribution in [-0.4, -0.2) is 31.2 Å². The van der Waals surface area contributed by atoms with E-state index < -0.39 is 0 Å². The number of fused-ring (bicyclic) bond motifs is 1. The summed E-state index contributed by atoms with van der Waals surface area (Å²) in [6.45, 7) is 5.89. The summed E-state index contributed by atoms with van der Waals surface area (Å²) >= 11 is 0. The van der Waals surface area contributed by atoms with Crippen molar-refractivity contribution in [2.45, 2.75) is 26.1 Å². The first-order valence-corrected chi connectivity index (χ1v) is 9.08. The normalized spacial score (nSPS) is 23.3. The molecule has 2 aliphatic heterocycles. The van der Waals surface area contributed by atoms with Crippen molar-refractivity contribution in [3.63, 3.8) is 0 Å². The molecule has 2 aromatic carbocycles. The van der Waals surface area contributed by atoms with Crippen LogP contribution >= 0.6 is 0 Å². The maximum absolute atomic E-state index is 13.5. The third-order valence-electron chi connectivity index (χ3n) is 4.80. The van der Waals surface area contributed by atoms with E-state index in [0.717, 1.165) is 24.5 Å². The summed E-state index contributed by atoms with van der Waals surface area (Å²) in [5.41, 5.74) is 3.62. The number of hydrogen-bond acceptors (Lipinski definition) is 4. The van der Waals surface area contributed by atoms with Gasteiger partial charge in [0, 0.05) is 41.9 Å². The summed E-state index contributed by atoms with van der Waals surface area (Å²) in [6, 6.07) is 12.3. The third kappa shape index (κ3) is 3.66. The Morgan fingerprint density at radius 1 is 1.15 bits per heavy atom. The molecule has 0 spiro atoms. The molecule has 1 saturated heterocycles. The van der Waals surface area contributed by atoms with Gasteiger partial charge in [-0.3, -0.25) is 4.79 Å². The highest BCUT2D eigenvalue weighted by Gasteiger charge is 2.25. The number of morpholine rings is 1. The van der Waals surface area contributed by atoms with Crippen molar-refractivity contribution in [2.75, 3.05) is 28.6 Å². The number of anilines is 3. The number of amides is 1. The molecular weight excluding hydrogens is 345 g/mol. The highest BCUT2D eigenvalue weighted by molar-refractivity contribution is 6.31. The van der Waals surface area contributed by atoms with Crippen LogP contribution in [0.3, 0.4) is 0 Å². The quantitative estimate of drug-likeness (QED) is 0.810. The van der Waals surface area contributed by atoms with Gasteiger partial charge in [0.15, 0.2) is 0 Å². The second-order valence-corrected chi connectivity index (χ2v) is 7.06. The molecule has 4 rings (SSSR count). The Labute approximate surface area is 157 Å². The lowest BCUT2D eigenvalue weighted by Crippen LogP contribution is -2.45. The molecule has 2 aromatic rings. The van der Waals surface area contributed by atoms with Gasteiger partial charge in [0.1, 0.15) is 5.82 Å². The number of hydrogen-bond donors (Lipinski definition) is 2. The number of rotatable bonds is 3. The number of carbonyl (C=O) groups is 1. The van der Waals surface area contributed by atoms with E-state index in [-0.39, 0.29) is 23.9 Å². The van der Waals surface area contributed by atoms with Crippen LogP contribution < -0.4 is 15.5 Å². The zero-order valence-electron chi connectivity index (χ0n) is 15.3. The topological polar surface area (TPSA) is 53.6 Å². The van der Waals surface area contributed by atoms with Gasteiger partial charge in [-0.1, -0.05) is 0 Å². The Morgan fingerprint density at radius 2 is 1.85 bits per heavy atom. The van der Waals surface area contributed by atoms with Crippen LogP contribution in [0.5, 0.6) is 0 Å². The van der Waals surface area contributed by atoms with Gasteiger partial charge in [-0.25, -0.2) is 4.39 Å². The summed E-state index contributed by atoms with van der Waals surface area (Å²) in [5.74, 6) is -0.606. The predicted octanol–water partition coefficient (Wildman–Crippen LogP) is 3.84. The summed E-state index contributed by atoms with van der Waals surface area (Å²) in [5, 5.41) is 5.88. The van der Waals surface area contributed by atoms with Crippen LogP contribution in [0.15, 0.2) is 48.7 Å². The van der Waals surface area contributed by atoms with Crippen molar-refractivity contribution in [2.24, 2.45) is 0 Å².